The zero-order valence-electron chi connectivity index (χ0n) is 24.0. The SMILES string of the molecule is CC(C)CCC[C@H](C)[C@@H]1CC[C@@H]2[C@H]3CC=C4C[C@@H](OC(=O)Oc5ccccc5)CC[C@]4(C)[C@@H]3CC[C@]21C. The molecule has 5 rings (SSSR count). The van der Waals surface area contributed by atoms with E-state index in [2.05, 4.69) is 40.7 Å². The van der Waals surface area contributed by atoms with Crippen LogP contribution in [0.25, 0.3) is 0 Å². The Labute approximate surface area is 225 Å². The van der Waals surface area contributed by atoms with E-state index in [1.807, 2.05) is 18.2 Å². The van der Waals surface area contributed by atoms with Crippen molar-refractivity contribution < 1.29 is 14.3 Å². The molecular weight excluding hydrogens is 456 g/mol. The molecule has 8 atom stereocenters. The third-order valence-corrected chi connectivity index (χ3v) is 11.5. The quantitative estimate of drug-likeness (QED) is 0.210. The molecule has 0 aromatic heterocycles. The van der Waals surface area contributed by atoms with Crippen molar-refractivity contribution in [2.75, 3.05) is 0 Å². The first-order chi connectivity index (χ1) is 17.7. The van der Waals surface area contributed by atoms with E-state index >= 15 is 0 Å². The Hall–Kier alpha value is -1.77. The smallest absolute Gasteiger partial charge is 0.430 e. The van der Waals surface area contributed by atoms with Crippen molar-refractivity contribution in [3.05, 3.63) is 42.0 Å². The third-order valence-electron chi connectivity index (χ3n) is 11.5. The molecule has 1 aromatic rings. The molecule has 0 saturated heterocycles. The summed E-state index contributed by atoms with van der Waals surface area (Å²) in [5, 5.41) is 0. The molecule has 0 heterocycles. The molecule has 3 saturated carbocycles. The Kier molecular flexibility index (Phi) is 7.81. The summed E-state index contributed by atoms with van der Waals surface area (Å²) in [5.74, 6) is 5.64. The van der Waals surface area contributed by atoms with Gasteiger partial charge in [0.2, 0.25) is 0 Å². The van der Waals surface area contributed by atoms with Crippen molar-refractivity contribution in [3.63, 3.8) is 0 Å². The van der Waals surface area contributed by atoms with Gasteiger partial charge in [0.05, 0.1) is 0 Å². The van der Waals surface area contributed by atoms with Gasteiger partial charge in [-0.05, 0) is 103 Å². The van der Waals surface area contributed by atoms with Gasteiger partial charge in [0.15, 0.2) is 0 Å². The van der Waals surface area contributed by atoms with Crippen molar-refractivity contribution in [1.82, 2.24) is 0 Å². The van der Waals surface area contributed by atoms with Crippen molar-refractivity contribution in [2.24, 2.45) is 46.3 Å². The van der Waals surface area contributed by atoms with Crippen molar-refractivity contribution in [3.8, 4) is 5.75 Å². The van der Waals surface area contributed by atoms with E-state index in [9.17, 15) is 4.79 Å². The highest BCUT2D eigenvalue weighted by Crippen LogP contribution is 2.67. The molecule has 4 aliphatic rings. The molecular formula is C34H50O3. The number of carbonyl (C=O) groups excluding carboxylic acids is 1. The van der Waals surface area contributed by atoms with Crippen LogP contribution in [0.2, 0.25) is 0 Å². The molecule has 4 aliphatic carbocycles. The lowest BCUT2D eigenvalue weighted by Crippen LogP contribution is -2.51. The Morgan fingerprint density at radius 1 is 0.973 bits per heavy atom. The summed E-state index contributed by atoms with van der Waals surface area (Å²) in [7, 11) is 0. The lowest BCUT2D eigenvalue weighted by atomic mass is 9.47. The molecule has 3 heteroatoms. The Balaban J connectivity index is 1.22. The lowest BCUT2D eigenvalue weighted by molar-refractivity contribution is -0.0597. The van der Waals surface area contributed by atoms with Gasteiger partial charge in [-0.1, -0.05) is 83.7 Å². The minimum atomic E-state index is -0.568. The maximum absolute atomic E-state index is 12.4. The van der Waals surface area contributed by atoms with Crippen LogP contribution in [0.5, 0.6) is 5.75 Å². The monoisotopic (exact) mass is 506 g/mol. The van der Waals surface area contributed by atoms with E-state index in [1.165, 1.54) is 51.4 Å². The largest absolute Gasteiger partial charge is 0.514 e. The molecule has 0 unspecified atom stereocenters. The highest BCUT2D eigenvalue weighted by atomic mass is 16.7. The molecule has 204 valence electrons. The molecule has 0 N–H and O–H groups in total. The number of fused-ring (bicyclic) bond motifs is 5. The minimum absolute atomic E-state index is 0.0662. The van der Waals surface area contributed by atoms with Gasteiger partial charge in [-0.2, -0.15) is 0 Å². The molecule has 0 bridgehead atoms. The summed E-state index contributed by atoms with van der Waals surface area (Å²) >= 11 is 0. The average molecular weight is 507 g/mol. The van der Waals surface area contributed by atoms with Gasteiger partial charge in [0.1, 0.15) is 11.9 Å². The van der Waals surface area contributed by atoms with E-state index in [1.54, 1.807) is 17.7 Å². The molecule has 1 aromatic carbocycles. The molecule has 3 fully saturated rings. The van der Waals surface area contributed by atoms with Gasteiger partial charge in [-0.25, -0.2) is 4.79 Å². The maximum atomic E-state index is 12.4. The van der Waals surface area contributed by atoms with E-state index in [0.29, 0.717) is 11.2 Å². The molecule has 37 heavy (non-hydrogen) atoms. The normalized spacial score (nSPS) is 37.7. The zero-order chi connectivity index (χ0) is 26.2. The summed E-state index contributed by atoms with van der Waals surface area (Å²) in [6, 6.07) is 9.23. The van der Waals surface area contributed by atoms with E-state index in [0.717, 1.165) is 54.8 Å². The van der Waals surface area contributed by atoms with Crippen LogP contribution in [0.15, 0.2) is 42.0 Å². The van der Waals surface area contributed by atoms with Crippen LogP contribution in [0.3, 0.4) is 0 Å². The molecule has 0 radical (unpaired) electrons. The standard InChI is InChI=1S/C34H50O3/c1-23(2)10-9-11-24(3)29-16-17-30-28-15-14-25-22-27(37-32(35)36-26-12-7-6-8-13-26)18-20-33(25,4)31(28)19-21-34(29,30)5/h6-8,12-14,23-24,27-31H,9-11,15-22H2,1-5H3/t24-,27-,28+,29-,30+,31+,33-,34-/m0/s1. The Morgan fingerprint density at radius 3 is 2.51 bits per heavy atom. The van der Waals surface area contributed by atoms with Gasteiger partial charge in [0, 0.05) is 6.42 Å². The van der Waals surface area contributed by atoms with Crippen LogP contribution >= 0.6 is 0 Å². The van der Waals surface area contributed by atoms with Crippen LogP contribution in [-0.2, 0) is 4.74 Å². The molecule has 3 nitrogen and oxygen atoms in total. The lowest BCUT2D eigenvalue weighted by Gasteiger charge is -2.58. The summed E-state index contributed by atoms with van der Waals surface area (Å²) in [6.07, 6.45) is 16.0. The fraction of sp³-hybridized carbons (Fsp3) is 0.735. The zero-order valence-corrected chi connectivity index (χ0v) is 24.0. The Morgan fingerprint density at radius 2 is 1.76 bits per heavy atom. The fourth-order valence-electron chi connectivity index (χ4n) is 9.50. The van der Waals surface area contributed by atoms with Crippen LogP contribution in [-0.4, -0.2) is 12.3 Å². The first-order valence-electron chi connectivity index (χ1n) is 15.3. The van der Waals surface area contributed by atoms with Gasteiger partial charge < -0.3 is 9.47 Å². The predicted octanol–water partition coefficient (Wildman–Crippen LogP) is 9.61. The summed E-state index contributed by atoms with van der Waals surface area (Å²) < 4.78 is 11.2. The van der Waals surface area contributed by atoms with Crippen molar-refractivity contribution >= 4 is 6.16 Å². The third kappa shape index (κ3) is 5.26. The number of para-hydroxylation sites is 1. The second-order valence-corrected chi connectivity index (χ2v) is 13.9. The number of rotatable bonds is 7. The van der Waals surface area contributed by atoms with Gasteiger partial charge in [0.25, 0.3) is 0 Å². The summed E-state index contributed by atoms with van der Waals surface area (Å²) in [6.45, 7) is 12.5. The molecule has 0 amide bonds. The van der Waals surface area contributed by atoms with Crippen molar-refractivity contribution in [2.45, 2.75) is 111 Å². The predicted molar refractivity (Wildman–Crippen MR) is 150 cm³/mol. The molecule has 0 spiro atoms. The number of ether oxygens (including phenoxy) is 2. The van der Waals surface area contributed by atoms with Gasteiger partial charge in [-0.15, -0.1) is 0 Å². The highest BCUT2D eigenvalue weighted by molar-refractivity contribution is 5.64. The van der Waals surface area contributed by atoms with E-state index in [4.69, 9.17) is 9.47 Å². The van der Waals surface area contributed by atoms with E-state index < -0.39 is 6.16 Å². The van der Waals surface area contributed by atoms with Crippen LogP contribution in [0, 0.1) is 46.3 Å². The van der Waals surface area contributed by atoms with Crippen LogP contribution in [0.1, 0.15) is 105 Å². The second-order valence-electron chi connectivity index (χ2n) is 13.9. The highest BCUT2D eigenvalue weighted by Gasteiger charge is 2.59. The van der Waals surface area contributed by atoms with Gasteiger partial charge in [-0.3, -0.25) is 0 Å². The van der Waals surface area contributed by atoms with Gasteiger partial charge >= 0.3 is 6.16 Å². The average Bonchev–Trinajstić information content (AvgIpc) is 3.22. The number of hydrogen-bond donors (Lipinski definition) is 0. The number of benzene rings is 1. The minimum Gasteiger partial charge on any atom is -0.430 e. The topological polar surface area (TPSA) is 35.5 Å². The van der Waals surface area contributed by atoms with Crippen LogP contribution in [0.4, 0.5) is 4.79 Å². The summed E-state index contributed by atoms with van der Waals surface area (Å²) in [4.78, 5) is 12.4. The first-order valence-corrected chi connectivity index (χ1v) is 15.3. The van der Waals surface area contributed by atoms with E-state index in [-0.39, 0.29) is 11.5 Å². The Bertz CT molecular complexity index is 967. The second kappa shape index (κ2) is 10.8. The first kappa shape index (κ1) is 26.8. The maximum Gasteiger partial charge on any atom is 0.514 e. The van der Waals surface area contributed by atoms with Crippen LogP contribution < -0.4 is 4.74 Å². The number of hydrogen-bond acceptors (Lipinski definition) is 3. The summed E-state index contributed by atoms with van der Waals surface area (Å²) in [5.41, 5.74) is 2.36. The number of allylic oxidation sites excluding steroid dienone is 1. The van der Waals surface area contributed by atoms with Crippen molar-refractivity contribution in [1.29, 1.82) is 0 Å². The fourth-order valence-corrected chi connectivity index (χ4v) is 9.50. The number of carbonyl (C=O) groups is 1. The molecule has 0 aliphatic heterocycles.